The monoisotopic (exact) mass is 268 g/mol. The Labute approximate surface area is 107 Å². The molecule has 98 valence electrons. The zero-order valence-electron chi connectivity index (χ0n) is 10.1. The number of carbonyl (C=O) groups is 1. The topological polar surface area (TPSA) is 75.3 Å². The Morgan fingerprint density at radius 3 is 2.83 bits per heavy atom. The Bertz CT molecular complexity index is 548. The van der Waals surface area contributed by atoms with Gasteiger partial charge in [0.1, 0.15) is 0 Å². The number of sulfone groups is 1. The van der Waals surface area contributed by atoms with Crippen LogP contribution in [0.1, 0.15) is 16.8 Å². The predicted molar refractivity (Wildman–Crippen MR) is 68.3 cm³/mol. The maximum Gasteiger partial charge on any atom is 0.251 e. The van der Waals surface area contributed by atoms with Crippen LogP contribution in [0.5, 0.6) is 0 Å². The largest absolute Gasteiger partial charge is 0.348 e. The minimum absolute atomic E-state index is 0.124. The van der Waals surface area contributed by atoms with Gasteiger partial charge in [-0.05, 0) is 31.2 Å². The average Bonchev–Trinajstić information content (AvgIpc) is 2.81. The summed E-state index contributed by atoms with van der Waals surface area (Å²) in [6.07, 6.45) is 2.03. The second-order valence-electron chi connectivity index (χ2n) is 4.46. The van der Waals surface area contributed by atoms with E-state index < -0.39 is 9.84 Å². The summed E-state index contributed by atoms with van der Waals surface area (Å²) >= 11 is 0. The molecule has 1 amide bonds. The summed E-state index contributed by atoms with van der Waals surface area (Å²) in [6.45, 7) is 1.66. The van der Waals surface area contributed by atoms with Crippen LogP contribution in [-0.2, 0) is 9.84 Å². The van der Waals surface area contributed by atoms with Gasteiger partial charge in [-0.3, -0.25) is 4.79 Å². The van der Waals surface area contributed by atoms with E-state index in [4.69, 9.17) is 0 Å². The smallest absolute Gasteiger partial charge is 0.251 e. The number of benzene rings is 1. The SMILES string of the molecule is CS(=O)(=O)c1cccc(C(=O)N[C@@H]2CCNC2)c1. The van der Waals surface area contributed by atoms with E-state index >= 15 is 0 Å². The molecule has 0 spiro atoms. The van der Waals surface area contributed by atoms with Crippen molar-refractivity contribution < 1.29 is 13.2 Å². The zero-order valence-corrected chi connectivity index (χ0v) is 11.0. The number of rotatable bonds is 3. The molecule has 0 aliphatic carbocycles. The van der Waals surface area contributed by atoms with Crippen LogP contribution in [0.2, 0.25) is 0 Å². The van der Waals surface area contributed by atoms with Crippen LogP contribution >= 0.6 is 0 Å². The van der Waals surface area contributed by atoms with E-state index in [9.17, 15) is 13.2 Å². The molecule has 1 aromatic rings. The Morgan fingerprint density at radius 1 is 1.44 bits per heavy atom. The lowest BCUT2D eigenvalue weighted by molar-refractivity contribution is 0.0940. The highest BCUT2D eigenvalue weighted by Gasteiger charge is 2.18. The fourth-order valence-corrected chi connectivity index (χ4v) is 2.58. The second-order valence-corrected chi connectivity index (χ2v) is 6.48. The summed E-state index contributed by atoms with van der Waals surface area (Å²) in [5.74, 6) is -0.228. The second kappa shape index (κ2) is 5.07. The van der Waals surface area contributed by atoms with Crippen LogP contribution in [0.25, 0.3) is 0 Å². The Hall–Kier alpha value is -1.40. The molecule has 0 bridgehead atoms. The molecule has 1 aromatic carbocycles. The molecule has 1 atom stereocenters. The molecule has 18 heavy (non-hydrogen) atoms. The van der Waals surface area contributed by atoms with Gasteiger partial charge in [0.25, 0.3) is 5.91 Å². The van der Waals surface area contributed by atoms with Crippen LogP contribution in [0.15, 0.2) is 29.2 Å². The van der Waals surface area contributed by atoms with E-state index in [-0.39, 0.29) is 16.8 Å². The van der Waals surface area contributed by atoms with Crippen molar-refractivity contribution in [1.29, 1.82) is 0 Å². The van der Waals surface area contributed by atoms with Crippen molar-refractivity contribution in [1.82, 2.24) is 10.6 Å². The number of hydrogen-bond donors (Lipinski definition) is 2. The molecule has 2 N–H and O–H groups in total. The summed E-state index contributed by atoms with van der Waals surface area (Å²) < 4.78 is 22.8. The van der Waals surface area contributed by atoms with Gasteiger partial charge in [0.15, 0.2) is 9.84 Å². The number of nitrogens with one attached hydrogen (secondary N) is 2. The average molecular weight is 268 g/mol. The van der Waals surface area contributed by atoms with E-state index in [1.54, 1.807) is 12.1 Å². The number of amides is 1. The van der Waals surface area contributed by atoms with Crippen molar-refractivity contribution in [2.75, 3.05) is 19.3 Å². The van der Waals surface area contributed by atoms with Crippen molar-refractivity contribution in [2.24, 2.45) is 0 Å². The lowest BCUT2D eigenvalue weighted by Gasteiger charge is -2.11. The molecule has 1 heterocycles. The van der Waals surface area contributed by atoms with Crippen molar-refractivity contribution in [3.8, 4) is 0 Å². The third-order valence-corrected chi connectivity index (χ3v) is 4.03. The van der Waals surface area contributed by atoms with E-state index in [2.05, 4.69) is 10.6 Å². The summed E-state index contributed by atoms with van der Waals surface area (Å²) in [4.78, 5) is 12.1. The van der Waals surface area contributed by atoms with E-state index in [0.717, 1.165) is 25.8 Å². The Balaban J connectivity index is 2.15. The first kappa shape index (κ1) is 13.0. The maximum atomic E-state index is 11.9. The van der Waals surface area contributed by atoms with Crippen molar-refractivity contribution in [3.05, 3.63) is 29.8 Å². The fraction of sp³-hybridized carbons (Fsp3) is 0.417. The maximum absolute atomic E-state index is 11.9. The molecule has 6 heteroatoms. The van der Waals surface area contributed by atoms with Gasteiger partial charge in [0.05, 0.1) is 4.90 Å². The molecule has 0 unspecified atom stereocenters. The molecular formula is C12H16N2O3S. The predicted octanol–water partition coefficient (Wildman–Crippen LogP) is 0.182. The van der Waals surface area contributed by atoms with Crippen molar-refractivity contribution in [2.45, 2.75) is 17.4 Å². The van der Waals surface area contributed by atoms with Gasteiger partial charge in [0, 0.05) is 24.4 Å². The van der Waals surface area contributed by atoms with Gasteiger partial charge >= 0.3 is 0 Å². The summed E-state index contributed by atoms with van der Waals surface area (Å²) in [5.41, 5.74) is 0.379. The molecule has 5 nitrogen and oxygen atoms in total. The Morgan fingerprint density at radius 2 is 2.22 bits per heavy atom. The molecule has 1 saturated heterocycles. The Kier molecular flexibility index (Phi) is 3.68. The minimum Gasteiger partial charge on any atom is -0.348 e. The summed E-state index contributed by atoms with van der Waals surface area (Å²) in [7, 11) is -3.28. The van der Waals surface area contributed by atoms with Crippen molar-refractivity contribution in [3.63, 3.8) is 0 Å². The van der Waals surface area contributed by atoms with Crippen LogP contribution in [0.4, 0.5) is 0 Å². The van der Waals surface area contributed by atoms with Gasteiger partial charge in [-0.1, -0.05) is 6.07 Å². The summed E-state index contributed by atoms with van der Waals surface area (Å²) in [6, 6.07) is 6.22. The highest BCUT2D eigenvalue weighted by atomic mass is 32.2. The van der Waals surface area contributed by atoms with Gasteiger partial charge in [0.2, 0.25) is 0 Å². The normalized spacial score (nSPS) is 19.7. The third kappa shape index (κ3) is 3.08. The molecular weight excluding hydrogens is 252 g/mol. The standard InChI is InChI=1S/C12H16N2O3S/c1-18(16,17)11-4-2-3-9(7-11)12(15)14-10-5-6-13-8-10/h2-4,7,10,13H,5-6,8H2,1H3,(H,14,15)/t10-/m1/s1. The summed E-state index contributed by atoms with van der Waals surface area (Å²) in [5, 5.41) is 6.03. The molecule has 0 aromatic heterocycles. The van der Waals surface area contributed by atoms with Crippen LogP contribution in [0.3, 0.4) is 0 Å². The first-order valence-corrected chi connectivity index (χ1v) is 7.67. The highest BCUT2D eigenvalue weighted by Crippen LogP contribution is 2.11. The highest BCUT2D eigenvalue weighted by molar-refractivity contribution is 7.90. The first-order valence-electron chi connectivity index (χ1n) is 5.78. The number of hydrogen-bond acceptors (Lipinski definition) is 4. The van der Waals surface area contributed by atoms with E-state index in [1.807, 2.05) is 0 Å². The van der Waals surface area contributed by atoms with Gasteiger partial charge in [-0.15, -0.1) is 0 Å². The molecule has 0 radical (unpaired) electrons. The van der Waals surface area contributed by atoms with Gasteiger partial charge in [-0.2, -0.15) is 0 Å². The van der Waals surface area contributed by atoms with Crippen LogP contribution < -0.4 is 10.6 Å². The zero-order chi connectivity index (χ0) is 13.2. The fourth-order valence-electron chi connectivity index (χ4n) is 1.91. The first-order chi connectivity index (χ1) is 8.47. The van der Waals surface area contributed by atoms with E-state index in [1.165, 1.54) is 12.1 Å². The molecule has 1 aliphatic heterocycles. The van der Waals surface area contributed by atoms with Crippen molar-refractivity contribution >= 4 is 15.7 Å². The lowest BCUT2D eigenvalue weighted by atomic mass is 10.2. The quantitative estimate of drug-likeness (QED) is 0.820. The molecule has 1 fully saturated rings. The molecule has 1 aliphatic rings. The van der Waals surface area contributed by atoms with Crippen LogP contribution in [0, 0.1) is 0 Å². The lowest BCUT2D eigenvalue weighted by Crippen LogP contribution is -2.36. The van der Waals surface area contributed by atoms with Gasteiger partial charge < -0.3 is 10.6 Å². The number of carbonyl (C=O) groups excluding carboxylic acids is 1. The third-order valence-electron chi connectivity index (χ3n) is 2.92. The van der Waals surface area contributed by atoms with Gasteiger partial charge in [-0.25, -0.2) is 8.42 Å². The van der Waals surface area contributed by atoms with Crippen LogP contribution in [-0.4, -0.2) is 39.7 Å². The van der Waals surface area contributed by atoms with E-state index in [0.29, 0.717) is 5.56 Å². The molecule has 2 rings (SSSR count). The minimum atomic E-state index is -3.28. The molecule has 0 saturated carbocycles.